The third-order valence-electron chi connectivity index (χ3n) is 5.99. The fourth-order valence-electron chi connectivity index (χ4n) is 4.23. The van der Waals surface area contributed by atoms with Gasteiger partial charge in [0.25, 0.3) is 12.3 Å². The first-order valence-electron chi connectivity index (χ1n) is 10.6. The maximum Gasteiger partial charge on any atom is 0.281 e. The summed E-state index contributed by atoms with van der Waals surface area (Å²) in [5, 5.41) is 14.9. The number of nitrogens with one attached hydrogen (secondary N) is 1. The molecule has 1 saturated heterocycles. The lowest BCUT2D eigenvalue weighted by atomic mass is 10.1. The third-order valence-corrected chi connectivity index (χ3v) is 5.99. The van der Waals surface area contributed by atoms with Crippen molar-refractivity contribution in [2.75, 3.05) is 32.6 Å². The molecule has 180 valence electrons. The molecule has 0 amide bonds. The Morgan fingerprint density at radius 3 is 2.71 bits per heavy atom. The predicted molar refractivity (Wildman–Crippen MR) is 117 cm³/mol. The van der Waals surface area contributed by atoms with Gasteiger partial charge in [-0.2, -0.15) is 4.98 Å². The second-order valence-electron chi connectivity index (χ2n) is 8.43. The highest BCUT2D eigenvalue weighted by molar-refractivity contribution is 5.89. The van der Waals surface area contributed by atoms with E-state index in [1.165, 1.54) is 28.1 Å². The van der Waals surface area contributed by atoms with Crippen LogP contribution in [0.3, 0.4) is 0 Å². The van der Waals surface area contributed by atoms with Gasteiger partial charge in [-0.3, -0.25) is 4.90 Å². The number of ether oxygens (including phenoxy) is 1. The summed E-state index contributed by atoms with van der Waals surface area (Å²) in [6, 6.07) is 4.67. The average Bonchev–Trinajstić information content (AvgIpc) is 3.47. The second-order valence-corrected chi connectivity index (χ2v) is 8.43. The van der Waals surface area contributed by atoms with E-state index in [9.17, 15) is 17.6 Å². The highest BCUT2D eigenvalue weighted by atomic mass is 19.3. The van der Waals surface area contributed by atoms with E-state index < -0.39 is 24.4 Å². The molecule has 1 N–H and O–H groups in total. The van der Waals surface area contributed by atoms with Crippen LogP contribution in [0.4, 0.5) is 23.5 Å². The minimum absolute atomic E-state index is 0.00922. The quantitative estimate of drug-likeness (QED) is 0.426. The van der Waals surface area contributed by atoms with Crippen LogP contribution in [0.15, 0.2) is 30.5 Å². The fraction of sp³-hybridized carbons (Fsp3) is 0.429. The van der Waals surface area contributed by atoms with Crippen molar-refractivity contribution in [1.29, 1.82) is 0 Å². The zero-order valence-corrected chi connectivity index (χ0v) is 18.6. The molecule has 13 heteroatoms. The number of hydrogen-bond donors (Lipinski definition) is 1. The van der Waals surface area contributed by atoms with Crippen molar-refractivity contribution in [1.82, 2.24) is 34.5 Å². The van der Waals surface area contributed by atoms with Crippen LogP contribution < -0.4 is 10.1 Å². The third kappa shape index (κ3) is 3.69. The van der Waals surface area contributed by atoms with Gasteiger partial charge in [-0.15, -0.1) is 10.2 Å². The molecule has 3 aromatic heterocycles. The second kappa shape index (κ2) is 8.08. The molecule has 0 saturated carbocycles. The van der Waals surface area contributed by atoms with Crippen LogP contribution in [-0.4, -0.2) is 80.1 Å². The van der Waals surface area contributed by atoms with Gasteiger partial charge in [-0.1, -0.05) is 11.3 Å². The number of alkyl halides is 4. The lowest BCUT2D eigenvalue weighted by Crippen LogP contribution is -2.38. The van der Waals surface area contributed by atoms with Gasteiger partial charge in [-0.05, 0) is 37.7 Å². The topological polar surface area (TPSA) is 85.4 Å². The Balaban J connectivity index is 1.55. The molecule has 1 aromatic carbocycles. The molecule has 0 radical (unpaired) electrons. The number of methoxy groups -OCH3 is 1. The van der Waals surface area contributed by atoms with Crippen LogP contribution in [0.25, 0.3) is 27.7 Å². The van der Waals surface area contributed by atoms with Gasteiger partial charge < -0.3 is 10.1 Å². The number of likely N-dealkylation sites (N-methyl/N-ethyl adjacent to an activating group) is 1. The lowest BCUT2D eigenvalue weighted by molar-refractivity contribution is 0.00582. The van der Waals surface area contributed by atoms with Crippen molar-refractivity contribution in [3.05, 3.63) is 30.5 Å². The van der Waals surface area contributed by atoms with Gasteiger partial charge in [0.2, 0.25) is 11.8 Å². The number of rotatable bonds is 6. The van der Waals surface area contributed by atoms with Gasteiger partial charge in [0.15, 0.2) is 0 Å². The molecule has 0 spiro atoms. The van der Waals surface area contributed by atoms with Crippen molar-refractivity contribution in [3.8, 4) is 17.0 Å². The molecule has 1 fully saturated rings. The molecule has 4 heterocycles. The maximum atomic E-state index is 14.3. The summed E-state index contributed by atoms with van der Waals surface area (Å²) in [5.41, 5.74) is 2.80. The first-order chi connectivity index (χ1) is 16.2. The summed E-state index contributed by atoms with van der Waals surface area (Å²) in [7, 11) is 3.05. The summed E-state index contributed by atoms with van der Waals surface area (Å²) >= 11 is 0. The molecule has 0 unspecified atom stereocenters. The SMILES string of the molecule is COc1nc(N[C@@H]2CN(C)CC2(F)F)nn2ccc(-c3ccc4nnn([C@H](C)C(F)F)c4c3)c12. The molecule has 34 heavy (non-hydrogen) atoms. The van der Waals surface area contributed by atoms with Gasteiger partial charge in [0.1, 0.15) is 23.1 Å². The van der Waals surface area contributed by atoms with E-state index in [0.717, 1.165) is 0 Å². The lowest BCUT2D eigenvalue weighted by Gasteiger charge is -2.19. The molecule has 0 aliphatic carbocycles. The molecule has 1 aliphatic rings. The minimum atomic E-state index is -2.93. The van der Waals surface area contributed by atoms with E-state index in [0.29, 0.717) is 27.7 Å². The van der Waals surface area contributed by atoms with Crippen LogP contribution in [0, 0.1) is 0 Å². The number of anilines is 1. The first kappa shape index (κ1) is 22.3. The first-order valence-corrected chi connectivity index (χ1v) is 10.6. The number of fused-ring (bicyclic) bond motifs is 2. The Hall–Kier alpha value is -3.48. The molecule has 2 atom stereocenters. The van der Waals surface area contributed by atoms with Crippen LogP contribution >= 0.6 is 0 Å². The van der Waals surface area contributed by atoms with Crippen molar-refractivity contribution >= 4 is 22.5 Å². The molecule has 5 rings (SSSR count). The van der Waals surface area contributed by atoms with Crippen LogP contribution in [0.5, 0.6) is 5.88 Å². The predicted octanol–water partition coefficient (Wildman–Crippen LogP) is 3.34. The van der Waals surface area contributed by atoms with E-state index in [1.54, 1.807) is 37.5 Å². The number of aromatic nitrogens is 6. The zero-order valence-electron chi connectivity index (χ0n) is 18.6. The summed E-state index contributed by atoms with van der Waals surface area (Å²) < 4.78 is 63.2. The smallest absolute Gasteiger partial charge is 0.281 e. The molecule has 4 aromatic rings. The van der Waals surface area contributed by atoms with E-state index in [2.05, 4.69) is 25.7 Å². The van der Waals surface area contributed by atoms with E-state index in [-0.39, 0.29) is 24.9 Å². The van der Waals surface area contributed by atoms with Crippen LogP contribution in [0.1, 0.15) is 13.0 Å². The normalized spacial score (nSPS) is 19.4. The molecule has 1 aliphatic heterocycles. The molecular formula is C21H22F4N8O. The van der Waals surface area contributed by atoms with Gasteiger partial charge in [0, 0.05) is 18.3 Å². The number of halogens is 4. The van der Waals surface area contributed by atoms with Crippen molar-refractivity contribution in [2.45, 2.75) is 31.4 Å². The maximum absolute atomic E-state index is 14.3. The monoisotopic (exact) mass is 478 g/mol. The average molecular weight is 478 g/mol. The number of nitrogens with zero attached hydrogens (tertiary/aromatic N) is 7. The highest BCUT2D eigenvalue weighted by Gasteiger charge is 2.47. The highest BCUT2D eigenvalue weighted by Crippen LogP contribution is 2.34. The Kier molecular flexibility index (Phi) is 5.30. The molecule has 0 bridgehead atoms. The Morgan fingerprint density at radius 2 is 2.03 bits per heavy atom. The van der Waals surface area contributed by atoms with Crippen molar-refractivity contribution in [3.63, 3.8) is 0 Å². The Bertz CT molecular complexity index is 1350. The number of hydrogen-bond acceptors (Lipinski definition) is 7. The molecule has 9 nitrogen and oxygen atoms in total. The van der Waals surface area contributed by atoms with E-state index in [4.69, 9.17) is 4.74 Å². The number of benzene rings is 1. The largest absolute Gasteiger partial charge is 0.479 e. The Labute approximate surface area is 191 Å². The summed E-state index contributed by atoms with van der Waals surface area (Å²) in [6.07, 6.45) is -0.948. The van der Waals surface area contributed by atoms with Crippen molar-refractivity contribution in [2.24, 2.45) is 0 Å². The summed E-state index contributed by atoms with van der Waals surface area (Å²) in [6.45, 7) is 1.17. The van der Waals surface area contributed by atoms with E-state index >= 15 is 0 Å². The van der Waals surface area contributed by atoms with E-state index in [1.807, 2.05) is 0 Å². The fourth-order valence-corrected chi connectivity index (χ4v) is 4.23. The van der Waals surface area contributed by atoms with Crippen molar-refractivity contribution < 1.29 is 22.3 Å². The minimum Gasteiger partial charge on any atom is -0.479 e. The van der Waals surface area contributed by atoms with Crippen LogP contribution in [0.2, 0.25) is 0 Å². The molecular weight excluding hydrogens is 456 g/mol. The van der Waals surface area contributed by atoms with Crippen LogP contribution in [-0.2, 0) is 0 Å². The van der Waals surface area contributed by atoms with Gasteiger partial charge in [0.05, 0.1) is 19.2 Å². The van der Waals surface area contributed by atoms with Gasteiger partial charge in [-0.25, -0.2) is 26.8 Å². The zero-order chi connectivity index (χ0) is 24.2. The number of likely N-dealkylation sites (tertiary alicyclic amines) is 1. The summed E-state index contributed by atoms with van der Waals surface area (Å²) in [4.78, 5) is 5.84. The standard InChI is InChI=1S/C21H22F4N8O/c1-11(18(22)23)33-15-8-12(4-5-14(15)28-30-33)13-6-7-32-17(13)19(34-3)27-20(29-32)26-16-9-31(2)10-21(16,24)25/h4-8,11,16,18H,9-10H2,1-3H3,(H,26,29)/t11-,16-/m1/s1. The van der Waals surface area contributed by atoms with Gasteiger partial charge >= 0.3 is 0 Å². The Morgan fingerprint density at radius 1 is 1.24 bits per heavy atom. The summed E-state index contributed by atoms with van der Waals surface area (Å²) in [5.74, 6) is -2.74.